The minimum atomic E-state index is -0.539. The molecule has 0 radical (unpaired) electrons. The van der Waals surface area contributed by atoms with Crippen molar-refractivity contribution in [3.05, 3.63) is 56.4 Å². The predicted molar refractivity (Wildman–Crippen MR) is 159 cm³/mol. The Bertz CT molecular complexity index is 964. The highest BCUT2D eigenvalue weighted by atomic mass is 127. The Balaban J connectivity index is 2.45. The molecule has 0 bridgehead atoms. The van der Waals surface area contributed by atoms with Gasteiger partial charge < -0.3 is 15.2 Å². The maximum atomic E-state index is 13.5. The Morgan fingerprint density at radius 3 is 2.56 bits per heavy atom. The first-order valence-electron chi connectivity index (χ1n) is 12.8. The van der Waals surface area contributed by atoms with Crippen LogP contribution in [0.25, 0.3) is 0 Å². The number of ketones is 2. The molecule has 5 atom stereocenters. The molecule has 0 amide bonds. The Labute approximate surface area is 236 Å². The van der Waals surface area contributed by atoms with Crippen molar-refractivity contribution < 1.29 is 19.1 Å². The maximum absolute atomic E-state index is 13.5. The second kappa shape index (κ2) is 14.7. The number of ether oxygens (including phenoxy) is 2. The molecular formula is C29H42INO4S. The zero-order valence-electron chi connectivity index (χ0n) is 22.3. The first-order valence-corrected chi connectivity index (χ1v) is 14.5. The van der Waals surface area contributed by atoms with Crippen molar-refractivity contribution in [3.63, 3.8) is 0 Å². The van der Waals surface area contributed by atoms with Crippen molar-refractivity contribution in [1.82, 2.24) is 0 Å². The monoisotopic (exact) mass is 627 g/mol. The lowest BCUT2D eigenvalue weighted by atomic mass is 9.68. The van der Waals surface area contributed by atoms with Gasteiger partial charge >= 0.3 is 0 Å². The van der Waals surface area contributed by atoms with E-state index in [1.165, 1.54) is 9.15 Å². The highest BCUT2D eigenvalue weighted by Crippen LogP contribution is 2.45. The SMILES string of the molecule is C=C(C)C1C=C(I)C(C(C)C2C(N)=C(C)C(CC(OCC)C(=O)CC)=CC2C(=O)COCCS)=CC1. The standard InChI is InChI=1S/C29H42INO4S/c1-7-25(32)27(35-8-2)15-21-13-23(26(33)16-34-11-12-36)28(29(31)18(21)5)19(6)22-10-9-20(17(3)4)14-24(22)30/h10,13-14,19-20,23,27-28,36H,3,7-9,11-12,15-16,31H2,1-2,4-6H3. The van der Waals surface area contributed by atoms with Crippen LogP contribution in [0.5, 0.6) is 0 Å². The van der Waals surface area contributed by atoms with Crippen molar-refractivity contribution >= 4 is 46.8 Å². The molecule has 5 nitrogen and oxygen atoms in total. The zero-order valence-corrected chi connectivity index (χ0v) is 25.4. The van der Waals surface area contributed by atoms with Gasteiger partial charge in [0.05, 0.1) is 6.61 Å². The number of allylic oxidation sites excluding steroid dienone is 8. The summed E-state index contributed by atoms with van der Waals surface area (Å²) in [6.45, 7) is 14.9. The molecule has 0 aliphatic heterocycles. The minimum absolute atomic E-state index is 0.00780. The molecule has 2 aliphatic rings. The second-order valence-corrected chi connectivity index (χ2v) is 11.3. The van der Waals surface area contributed by atoms with Gasteiger partial charge in [-0.05, 0) is 72.4 Å². The van der Waals surface area contributed by atoms with Gasteiger partial charge in [-0.3, -0.25) is 9.59 Å². The normalized spacial score (nSPS) is 24.0. The summed E-state index contributed by atoms with van der Waals surface area (Å²) in [6, 6.07) is 0. The Morgan fingerprint density at radius 2 is 2.00 bits per heavy atom. The van der Waals surface area contributed by atoms with Crippen LogP contribution in [0.2, 0.25) is 0 Å². The average molecular weight is 628 g/mol. The minimum Gasteiger partial charge on any atom is -0.402 e. The summed E-state index contributed by atoms with van der Waals surface area (Å²) in [6.07, 6.45) is 7.74. The van der Waals surface area contributed by atoms with Crippen molar-refractivity contribution in [3.8, 4) is 0 Å². The number of thiol groups is 1. The number of carbonyl (C=O) groups excluding carboxylic acids is 2. The van der Waals surface area contributed by atoms with Crippen LogP contribution in [0, 0.1) is 23.7 Å². The summed E-state index contributed by atoms with van der Waals surface area (Å²) in [7, 11) is 0. The van der Waals surface area contributed by atoms with Gasteiger partial charge in [0.15, 0.2) is 11.6 Å². The van der Waals surface area contributed by atoms with Gasteiger partial charge in [-0.1, -0.05) is 44.2 Å². The van der Waals surface area contributed by atoms with Crippen LogP contribution >= 0.6 is 35.2 Å². The molecule has 0 aromatic carbocycles. The first kappa shape index (κ1) is 31.1. The molecule has 2 rings (SSSR count). The first-order chi connectivity index (χ1) is 17.1. The molecule has 2 aliphatic carbocycles. The van der Waals surface area contributed by atoms with Crippen LogP contribution < -0.4 is 5.73 Å². The van der Waals surface area contributed by atoms with Gasteiger partial charge in [-0.25, -0.2) is 0 Å². The van der Waals surface area contributed by atoms with E-state index in [1.54, 1.807) is 0 Å². The number of carbonyl (C=O) groups is 2. The lowest BCUT2D eigenvalue weighted by Gasteiger charge is -2.37. The summed E-state index contributed by atoms with van der Waals surface area (Å²) in [5, 5.41) is 0. The molecule has 0 spiro atoms. The molecule has 0 aromatic heterocycles. The molecule has 36 heavy (non-hydrogen) atoms. The summed E-state index contributed by atoms with van der Waals surface area (Å²) in [4.78, 5) is 26.0. The van der Waals surface area contributed by atoms with E-state index in [9.17, 15) is 9.59 Å². The van der Waals surface area contributed by atoms with E-state index >= 15 is 0 Å². The van der Waals surface area contributed by atoms with Crippen molar-refractivity contribution in [1.29, 1.82) is 0 Å². The fraction of sp³-hybridized carbons (Fsp3) is 0.586. The second-order valence-electron chi connectivity index (χ2n) is 9.69. The molecule has 200 valence electrons. The van der Waals surface area contributed by atoms with Gasteiger partial charge in [0.25, 0.3) is 0 Å². The summed E-state index contributed by atoms with van der Waals surface area (Å²) in [5.41, 5.74) is 11.7. The maximum Gasteiger partial charge on any atom is 0.165 e. The lowest BCUT2D eigenvalue weighted by Crippen LogP contribution is -2.38. The molecule has 0 aromatic rings. The van der Waals surface area contributed by atoms with Crippen LogP contribution in [0.4, 0.5) is 0 Å². The molecule has 5 unspecified atom stereocenters. The van der Waals surface area contributed by atoms with Gasteiger partial charge in [-0.15, -0.1) is 0 Å². The largest absolute Gasteiger partial charge is 0.402 e. The molecule has 0 heterocycles. The van der Waals surface area contributed by atoms with Crippen molar-refractivity contribution in [2.75, 3.05) is 25.6 Å². The third kappa shape index (κ3) is 7.68. The van der Waals surface area contributed by atoms with E-state index < -0.39 is 12.0 Å². The predicted octanol–water partition coefficient (Wildman–Crippen LogP) is 6.16. The molecule has 0 saturated heterocycles. The molecule has 0 saturated carbocycles. The van der Waals surface area contributed by atoms with E-state index in [2.05, 4.69) is 67.8 Å². The number of rotatable bonds is 14. The lowest BCUT2D eigenvalue weighted by molar-refractivity contribution is -0.129. The highest BCUT2D eigenvalue weighted by molar-refractivity contribution is 14.1. The fourth-order valence-corrected chi connectivity index (χ4v) is 6.30. The Kier molecular flexibility index (Phi) is 12.7. The van der Waals surface area contributed by atoms with Crippen molar-refractivity contribution in [2.24, 2.45) is 29.4 Å². The Hall–Kier alpha value is -1.16. The third-order valence-corrected chi connectivity index (χ3v) is 8.42. The van der Waals surface area contributed by atoms with Crippen LogP contribution in [-0.4, -0.2) is 43.2 Å². The van der Waals surface area contributed by atoms with E-state index in [0.717, 1.165) is 23.1 Å². The number of halogens is 1. The van der Waals surface area contributed by atoms with Gasteiger partial charge in [0.1, 0.15) is 12.7 Å². The number of hydrogen-bond acceptors (Lipinski definition) is 6. The summed E-state index contributed by atoms with van der Waals surface area (Å²) < 4.78 is 12.5. The van der Waals surface area contributed by atoms with Crippen LogP contribution in [0.1, 0.15) is 53.9 Å². The molecule has 2 N–H and O–H groups in total. The van der Waals surface area contributed by atoms with Gasteiger partial charge in [-0.2, -0.15) is 12.6 Å². The molecule has 7 heteroatoms. The number of hydrogen-bond donors (Lipinski definition) is 2. The van der Waals surface area contributed by atoms with E-state index in [-0.39, 0.29) is 30.0 Å². The average Bonchev–Trinajstić information content (AvgIpc) is 2.85. The number of nitrogens with two attached hydrogens (primary N) is 1. The topological polar surface area (TPSA) is 78.6 Å². The van der Waals surface area contributed by atoms with E-state index in [0.29, 0.717) is 43.4 Å². The van der Waals surface area contributed by atoms with E-state index in [1.807, 2.05) is 26.8 Å². The summed E-state index contributed by atoms with van der Waals surface area (Å²) in [5.74, 6) is 0.324. The van der Waals surface area contributed by atoms with Crippen LogP contribution in [0.3, 0.4) is 0 Å². The third-order valence-electron chi connectivity index (χ3n) is 7.25. The van der Waals surface area contributed by atoms with Crippen LogP contribution in [-0.2, 0) is 19.1 Å². The smallest absolute Gasteiger partial charge is 0.165 e. The fourth-order valence-electron chi connectivity index (χ4n) is 5.03. The summed E-state index contributed by atoms with van der Waals surface area (Å²) >= 11 is 6.58. The van der Waals surface area contributed by atoms with Crippen molar-refractivity contribution in [2.45, 2.75) is 60.0 Å². The molecular weight excluding hydrogens is 585 g/mol. The molecule has 0 fully saturated rings. The van der Waals surface area contributed by atoms with E-state index in [4.69, 9.17) is 15.2 Å². The highest BCUT2D eigenvalue weighted by Gasteiger charge is 2.39. The number of Topliss-reactive ketones (excluding diaryl/α,β-unsaturated/α-hetero) is 2. The zero-order chi connectivity index (χ0) is 27.0. The van der Waals surface area contributed by atoms with Crippen LogP contribution in [0.15, 0.2) is 56.4 Å². The quantitative estimate of drug-likeness (QED) is 0.104. The van der Waals surface area contributed by atoms with Gasteiger partial charge in [0, 0.05) is 52.2 Å². The van der Waals surface area contributed by atoms with Gasteiger partial charge in [0.2, 0.25) is 0 Å². The Morgan fingerprint density at radius 1 is 1.31 bits per heavy atom.